The van der Waals surface area contributed by atoms with Gasteiger partial charge in [0, 0.05) is 29.5 Å². The lowest BCUT2D eigenvalue weighted by Crippen LogP contribution is -2.55. The van der Waals surface area contributed by atoms with Crippen LogP contribution in [0, 0.1) is 17.4 Å². The summed E-state index contributed by atoms with van der Waals surface area (Å²) < 4.78 is 17.6. The number of rotatable bonds is 12. The molecular weight excluding hydrogens is 640 g/mol. The Balaban J connectivity index is 1.78. The van der Waals surface area contributed by atoms with E-state index in [1.807, 2.05) is 67.7 Å². The van der Waals surface area contributed by atoms with E-state index in [2.05, 4.69) is 15.6 Å². The normalized spacial score (nSPS) is 17.5. The second-order valence-corrected chi connectivity index (χ2v) is 13.5. The number of nitriles is 1. The Morgan fingerprint density at radius 2 is 1.86 bits per heavy atom. The molecule has 13 heteroatoms. The van der Waals surface area contributed by atoms with Gasteiger partial charge in [-0.2, -0.15) is 5.26 Å². The van der Waals surface area contributed by atoms with E-state index in [-0.39, 0.29) is 31.1 Å². The fourth-order valence-electron chi connectivity index (χ4n) is 5.79. The number of amidine groups is 1. The number of benzene rings is 2. The van der Waals surface area contributed by atoms with Crippen molar-refractivity contribution in [2.75, 3.05) is 13.7 Å². The zero-order chi connectivity index (χ0) is 36.6. The van der Waals surface area contributed by atoms with Crippen molar-refractivity contribution in [2.45, 2.75) is 90.6 Å². The second kappa shape index (κ2) is 16.3. The molecule has 0 radical (unpaired) electrons. The third kappa shape index (κ3) is 9.40. The number of hydrogen-bond acceptors (Lipinski definition) is 9. The van der Waals surface area contributed by atoms with E-state index >= 15 is 0 Å². The maximum atomic E-state index is 14.4. The van der Waals surface area contributed by atoms with E-state index in [0.717, 1.165) is 10.9 Å². The van der Waals surface area contributed by atoms with Gasteiger partial charge in [-0.15, -0.1) is 0 Å². The Morgan fingerprint density at radius 1 is 1.14 bits per heavy atom. The lowest BCUT2D eigenvalue weighted by molar-refractivity contribution is -0.138. The van der Waals surface area contributed by atoms with Crippen LogP contribution in [0.25, 0.3) is 22.2 Å². The van der Waals surface area contributed by atoms with E-state index in [1.54, 1.807) is 41.7 Å². The number of carbonyl (C=O) groups excluding carboxylic acids is 2. The Labute approximate surface area is 292 Å². The Hall–Kier alpha value is -5.38. The molecule has 4 atom stereocenters. The van der Waals surface area contributed by atoms with Gasteiger partial charge in [0.1, 0.15) is 41.1 Å². The first-order valence-electron chi connectivity index (χ1n) is 16.7. The summed E-state index contributed by atoms with van der Waals surface area (Å²) in [5.74, 6) is -0.776. The summed E-state index contributed by atoms with van der Waals surface area (Å²) >= 11 is 0. The molecule has 0 bridgehead atoms. The van der Waals surface area contributed by atoms with Crippen LogP contribution in [-0.4, -0.2) is 82.3 Å². The number of aromatic nitrogens is 1. The number of fused-ring (bicyclic) bond motifs is 1. The third-order valence-corrected chi connectivity index (χ3v) is 8.13. The number of nitrogens with one attached hydrogen (secondary N) is 2. The molecule has 3 N–H and O–H groups in total. The number of hydrogen-bond donors (Lipinski definition) is 3. The van der Waals surface area contributed by atoms with Gasteiger partial charge in [-0.1, -0.05) is 57.5 Å². The number of nitrogens with zero attached hydrogens (tertiary/aromatic N) is 4. The van der Waals surface area contributed by atoms with Crippen molar-refractivity contribution in [3.05, 3.63) is 54.6 Å². The van der Waals surface area contributed by atoms with Crippen molar-refractivity contribution < 1.29 is 33.7 Å². The number of aliphatic carboxylic acids is 1. The summed E-state index contributed by atoms with van der Waals surface area (Å²) in [6, 6.07) is 14.0. The van der Waals surface area contributed by atoms with Crippen molar-refractivity contribution >= 4 is 34.7 Å². The van der Waals surface area contributed by atoms with Gasteiger partial charge in [0.05, 0.1) is 30.9 Å². The van der Waals surface area contributed by atoms with E-state index < -0.39 is 47.8 Å². The molecule has 266 valence electrons. The molecule has 13 nitrogen and oxygen atoms in total. The van der Waals surface area contributed by atoms with E-state index in [0.29, 0.717) is 29.1 Å². The highest BCUT2D eigenvalue weighted by molar-refractivity contribution is 5.96. The number of pyridine rings is 1. The zero-order valence-electron chi connectivity index (χ0n) is 29.6. The predicted molar refractivity (Wildman–Crippen MR) is 189 cm³/mol. The minimum atomic E-state index is -1.15. The minimum Gasteiger partial charge on any atom is -0.497 e. The summed E-state index contributed by atoms with van der Waals surface area (Å²) in [6.07, 6.45) is 1.44. The monoisotopic (exact) mass is 686 g/mol. The average molecular weight is 687 g/mol. The van der Waals surface area contributed by atoms with Crippen molar-refractivity contribution in [1.29, 1.82) is 5.26 Å². The van der Waals surface area contributed by atoms with Crippen LogP contribution in [0.5, 0.6) is 11.5 Å². The number of carbonyl (C=O) groups is 3. The minimum absolute atomic E-state index is 0.0295. The Kier molecular flexibility index (Phi) is 12.2. The van der Waals surface area contributed by atoms with Gasteiger partial charge in [-0.05, 0) is 45.2 Å². The number of ether oxygens (including phenoxy) is 3. The third-order valence-electron chi connectivity index (χ3n) is 8.13. The van der Waals surface area contributed by atoms with Crippen LogP contribution < -0.4 is 20.1 Å². The van der Waals surface area contributed by atoms with Crippen LogP contribution in [0.2, 0.25) is 0 Å². The fraction of sp³-hybridized carbons (Fsp3) is 0.459. The van der Waals surface area contributed by atoms with Crippen LogP contribution in [-0.2, 0) is 14.3 Å². The SMILES string of the molecule is CCCC(N=C(NC#N)[C@@H]1C[C@@H](Oc2cc(-c3ccccc3)nc3cc(OC)ccc23)CN1C(=O)[C@@H](NC(=O)OC(C)(C)C)C(C)C)C(=O)O. The number of aliphatic imine (C=N–C) groups is 1. The predicted octanol–water partition coefficient (Wildman–Crippen LogP) is 5.53. The lowest BCUT2D eigenvalue weighted by Gasteiger charge is -2.31. The second-order valence-electron chi connectivity index (χ2n) is 13.5. The van der Waals surface area contributed by atoms with Gasteiger partial charge in [0.2, 0.25) is 5.91 Å². The molecule has 4 rings (SSSR count). The molecule has 0 saturated carbocycles. The van der Waals surface area contributed by atoms with Gasteiger partial charge in [-0.3, -0.25) is 15.1 Å². The van der Waals surface area contributed by atoms with E-state index in [1.165, 1.54) is 4.90 Å². The largest absolute Gasteiger partial charge is 0.497 e. The van der Waals surface area contributed by atoms with Crippen molar-refractivity contribution in [3.8, 4) is 28.9 Å². The van der Waals surface area contributed by atoms with E-state index in [9.17, 15) is 24.8 Å². The number of amides is 2. The fourth-order valence-corrected chi connectivity index (χ4v) is 5.79. The number of alkyl carbamates (subject to hydrolysis) is 1. The molecular formula is C37H46N6O7. The maximum absolute atomic E-state index is 14.4. The summed E-state index contributed by atoms with van der Waals surface area (Å²) in [5.41, 5.74) is 1.39. The van der Waals surface area contributed by atoms with Crippen LogP contribution in [0.3, 0.4) is 0 Å². The van der Waals surface area contributed by atoms with Crippen molar-refractivity contribution in [1.82, 2.24) is 20.5 Å². The molecule has 3 aromatic rings. The first-order chi connectivity index (χ1) is 23.7. The molecule has 0 spiro atoms. The molecule has 1 aliphatic rings. The highest BCUT2D eigenvalue weighted by Gasteiger charge is 2.43. The average Bonchev–Trinajstić information content (AvgIpc) is 3.49. The smallest absolute Gasteiger partial charge is 0.408 e. The highest BCUT2D eigenvalue weighted by Crippen LogP contribution is 2.35. The summed E-state index contributed by atoms with van der Waals surface area (Å²) in [7, 11) is 1.58. The Bertz CT molecular complexity index is 1750. The molecule has 1 aliphatic heterocycles. The van der Waals surface area contributed by atoms with Gasteiger partial charge >= 0.3 is 12.1 Å². The summed E-state index contributed by atoms with van der Waals surface area (Å²) in [4.78, 5) is 50.1. The van der Waals surface area contributed by atoms with Gasteiger partial charge in [-0.25, -0.2) is 14.6 Å². The quantitative estimate of drug-likeness (QED) is 0.0951. The molecule has 2 heterocycles. The first-order valence-corrected chi connectivity index (χ1v) is 16.7. The highest BCUT2D eigenvalue weighted by atomic mass is 16.6. The van der Waals surface area contributed by atoms with Crippen molar-refractivity contribution in [3.63, 3.8) is 0 Å². The number of carboxylic acids is 1. The molecule has 1 aromatic heterocycles. The maximum Gasteiger partial charge on any atom is 0.408 e. The van der Waals surface area contributed by atoms with Gasteiger partial charge in [0.25, 0.3) is 0 Å². The number of carboxylic acid groups (broad SMARTS) is 1. The van der Waals surface area contributed by atoms with Gasteiger partial charge in [0.15, 0.2) is 6.19 Å². The van der Waals surface area contributed by atoms with E-state index in [4.69, 9.17) is 19.2 Å². The molecule has 0 aliphatic carbocycles. The topological polar surface area (TPSA) is 175 Å². The molecule has 2 amide bonds. The van der Waals surface area contributed by atoms with Gasteiger partial charge < -0.3 is 29.5 Å². The van der Waals surface area contributed by atoms with Crippen LogP contribution in [0.15, 0.2) is 59.6 Å². The van der Waals surface area contributed by atoms with Crippen LogP contribution in [0.1, 0.15) is 60.8 Å². The zero-order valence-corrected chi connectivity index (χ0v) is 29.6. The van der Waals surface area contributed by atoms with Crippen LogP contribution in [0.4, 0.5) is 4.79 Å². The first kappa shape index (κ1) is 37.4. The lowest BCUT2D eigenvalue weighted by atomic mass is 10.0. The Morgan fingerprint density at radius 3 is 2.46 bits per heavy atom. The molecule has 1 saturated heterocycles. The number of likely N-dealkylation sites (tertiary alicyclic amines) is 1. The number of methoxy groups -OCH3 is 1. The molecule has 2 aromatic carbocycles. The summed E-state index contributed by atoms with van der Waals surface area (Å²) in [6.45, 7) is 10.7. The summed E-state index contributed by atoms with van der Waals surface area (Å²) in [5, 5.41) is 25.6. The molecule has 1 unspecified atom stereocenters. The van der Waals surface area contributed by atoms with Crippen molar-refractivity contribution in [2.24, 2.45) is 10.9 Å². The standard InChI is InChI=1S/C37H46N6O7/c1-8-12-27(35(45)46)41-33(39-21-38)30-18-25(20-43(30)34(44)32(22(2)3)42-36(47)50-37(4,5)6)49-31-19-28(23-13-10-9-11-14-23)40-29-17-24(48-7)15-16-26(29)31/h9-11,13-17,19,22,25,27,30,32H,8,12,18,20H2,1-7H3,(H,39,41)(H,42,47)(H,45,46)/t25-,27?,30+,32+/m1/s1. The molecule has 50 heavy (non-hydrogen) atoms. The molecule has 1 fully saturated rings. The van der Waals surface area contributed by atoms with Crippen LogP contribution >= 0.6 is 0 Å².